The Morgan fingerprint density at radius 1 is 0.844 bits per heavy atom. The molecule has 3 aliphatic heterocycles. The van der Waals surface area contributed by atoms with Crippen LogP contribution in [0, 0.1) is 0 Å². The molecule has 1 atom stereocenters. The van der Waals surface area contributed by atoms with Crippen LogP contribution in [0.15, 0.2) is 42.7 Å². The molecule has 0 spiro atoms. The lowest BCUT2D eigenvalue weighted by Crippen LogP contribution is -2.61. The van der Waals surface area contributed by atoms with E-state index in [0.717, 1.165) is 51.5 Å². The summed E-state index contributed by atoms with van der Waals surface area (Å²) in [4.78, 5) is 42.6. The summed E-state index contributed by atoms with van der Waals surface area (Å²) >= 11 is 0. The maximum atomic E-state index is 13.1. The zero-order valence-electron chi connectivity index (χ0n) is 18.4. The van der Waals surface area contributed by atoms with Crippen LogP contribution in [-0.4, -0.2) is 88.3 Å². The second kappa shape index (κ2) is 9.34. The highest BCUT2D eigenvalue weighted by atomic mass is 16.2. The summed E-state index contributed by atoms with van der Waals surface area (Å²) < 4.78 is 0. The summed E-state index contributed by atoms with van der Waals surface area (Å²) in [6.07, 6.45) is 6.10. The van der Waals surface area contributed by atoms with Crippen molar-refractivity contribution < 1.29 is 9.59 Å². The molecule has 2 aromatic rings. The van der Waals surface area contributed by atoms with E-state index in [1.165, 1.54) is 16.0 Å². The third-order valence-electron chi connectivity index (χ3n) is 6.85. The monoisotopic (exact) mass is 434 g/mol. The first-order valence-corrected chi connectivity index (χ1v) is 11.6. The van der Waals surface area contributed by atoms with Crippen LogP contribution in [0.1, 0.15) is 24.0 Å². The molecule has 8 nitrogen and oxygen atoms in total. The standard InChI is InChI=1S/C24H30N6O2/c31-22-18-29-17-20-7-2-1-6-19(20)16-21(29)23(32)30(22)11-4-3-10-27-12-14-28(15-13-27)24-25-8-5-9-26-24/h1-2,5-9,21H,3-4,10-18H2. The number of amides is 2. The number of carbonyl (C=O) groups excluding carboxylic acids is 2. The first-order chi connectivity index (χ1) is 15.7. The molecule has 0 aliphatic carbocycles. The van der Waals surface area contributed by atoms with E-state index in [2.05, 4.69) is 31.9 Å². The minimum atomic E-state index is -0.198. The number of anilines is 1. The predicted molar refractivity (Wildman–Crippen MR) is 121 cm³/mol. The van der Waals surface area contributed by atoms with E-state index < -0.39 is 0 Å². The predicted octanol–water partition coefficient (Wildman–Crippen LogP) is 1.17. The molecule has 1 aromatic heterocycles. The number of piperazine rings is 2. The summed E-state index contributed by atoms with van der Waals surface area (Å²) in [7, 11) is 0. The van der Waals surface area contributed by atoms with Crippen molar-refractivity contribution in [3.05, 3.63) is 53.9 Å². The van der Waals surface area contributed by atoms with Crippen LogP contribution in [-0.2, 0) is 22.6 Å². The van der Waals surface area contributed by atoms with Gasteiger partial charge in [-0.3, -0.25) is 24.3 Å². The fourth-order valence-electron chi connectivity index (χ4n) is 5.01. The van der Waals surface area contributed by atoms with Crippen LogP contribution < -0.4 is 4.90 Å². The maximum Gasteiger partial charge on any atom is 0.246 e. The van der Waals surface area contributed by atoms with Crippen molar-refractivity contribution in [1.29, 1.82) is 0 Å². The van der Waals surface area contributed by atoms with Gasteiger partial charge in [-0.05, 0) is 43.0 Å². The third kappa shape index (κ3) is 4.38. The SMILES string of the molecule is O=C1CN2Cc3ccccc3CC2C(=O)N1CCCCN1CCN(c2ncccn2)CC1. The maximum absolute atomic E-state index is 13.1. The van der Waals surface area contributed by atoms with E-state index in [1.54, 1.807) is 12.4 Å². The summed E-state index contributed by atoms with van der Waals surface area (Å²) in [5.41, 5.74) is 2.47. The first kappa shape index (κ1) is 21.0. The zero-order chi connectivity index (χ0) is 21.9. The Hall–Kier alpha value is -2.84. The molecule has 0 radical (unpaired) electrons. The van der Waals surface area contributed by atoms with Crippen LogP contribution in [0.2, 0.25) is 0 Å². The van der Waals surface area contributed by atoms with Gasteiger partial charge in [-0.1, -0.05) is 24.3 Å². The lowest BCUT2D eigenvalue weighted by atomic mass is 9.91. The number of aromatic nitrogens is 2. The quantitative estimate of drug-likeness (QED) is 0.499. The molecule has 1 unspecified atom stereocenters. The number of benzene rings is 1. The van der Waals surface area contributed by atoms with E-state index >= 15 is 0 Å². The van der Waals surface area contributed by atoms with Crippen molar-refractivity contribution >= 4 is 17.8 Å². The van der Waals surface area contributed by atoms with Gasteiger partial charge in [0.25, 0.3) is 0 Å². The van der Waals surface area contributed by atoms with Crippen molar-refractivity contribution in [2.75, 3.05) is 50.7 Å². The van der Waals surface area contributed by atoms with Crippen LogP contribution in [0.25, 0.3) is 0 Å². The van der Waals surface area contributed by atoms with Gasteiger partial charge < -0.3 is 4.90 Å². The Balaban J connectivity index is 1.08. The Bertz CT molecular complexity index is 960. The topological polar surface area (TPSA) is 72.9 Å². The average molecular weight is 435 g/mol. The Morgan fingerprint density at radius 2 is 1.56 bits per heavy atom. The lowest BCUT2D eigenvalue weighted by molar-refractivity contribution is -0.156. The number of hydrogen-bond donors (Lipinski definition) is 0. The van der Waals surface area contributed by atoms with Crippen LogP contribution in [0.4, 0.5) is 5.95 Å². The van der Waals surface area contributed by atoms with E-state index in [4.69, 9.17) is 0 Å². The normalized spacial score (nSPS) is 22.1. The Morgan fingerprint density at radius 3 is 2.34 bits per heavy atom. The molecule has 5 rings (SSSR count). The molecule has 3 aliphatic rings. The molecule has 168 valence electrons. The Kier molecular flexibility index (Phi) is 6.14. The largest absolute Gasteiger partial charge is 0.338 e. The van der Waals surface area contributed by atoms with Gasteiger partial charge in [0.15, 0.2) is 0 Å². The third-order valence-corrected chi connectivity index (χ3v) is 6.85. The number of imide groups is 1. The summed E-state index contributed by atoms with van der Waals surface area (Å²) in [6.45, 7) is 6.36. The highest BCUT2D eigenvalue weighted by Crippen LogP contribution is 2.27. The fraction of sp³-hybridized carbons (Fsp3) is 0.500. The van der Waals surface area contributed by atoms with Crippen LogP contribution in [0.5, 0.6) is 0 Å². The van der Waals surface area contributed by atoms with E-state index in [9.17, 15) is 9.59 Å². The van der Waals surface area contributed by atoms with Gasteiger partial charge in [0.2, 0.25) is 17.8 Å². The highest BCUT2D eigenvalue weighted by Gasteiger charge is 2.41. The van der Waals surface area contributed by atoms with Gasteiger partial charge in [0.05, 0.1) is 12.6 Å². The number of rotatable bonds is 6. The van der Waals surface area contributed by atoms with Crippen LogP contribution in [0.3, 0.4) is 0 Å². The molecule has 2 amide bonds. The number of nitrogens with zero attached hydrogens (tertiary/aromatic N) is 6. The minimum Gasteiger partial charge on any atom is -0.338 e. The molecule has 0 bridgehead atoms. The van der Waals surface area contributed by atoms with Gasteiger partial charge in [-0.2, -0.15) is 0 Å². The summed E-state index contributed by atoms with van der Waals surface area (Å²) in [5, 5.41) is 0. The molecule has 4 heterocycles. The molecule has 8 heteroatoms. The molecule has 0 N–H and O–H groups in total. The molecule has 32 heavy (non-hydrogen) atoms. The van der Waals surface area contributed by atoms with Crippen molar-refractivity contribution in [1.82, 2.24) is 24.7 Å². The smallest absolute Gasteiger partial charge is 0.246 e. The van der Waals surface area contributed by atoms with Crippen molar-refractivity contribution in [3.63, 3.8) is 0 Å². The van der Waals surface area contributed by atoms with E-state index in [-0.39, 0.29) is 17.9 Å². The number of hydrogen-bond acceptors (Lipinski definition) is 7. The van der Waals surface area contributed by atoms with Crippen LogP contribution >= 0.6 is 0 Å². The molecule has 2 fully saturated rings. The van der Waals surface area contributed by atoms with Gasteiger partial charge >= 0.3 is 0 Å². The number of carbonyl (C=O) groups is 2. The number of unbranched alkanes of at least 4 members (excludes halogenated alkanes) is 1. The summed E-state index contributed by atoms with van der Waals surface area (Å²) in [5.74, 6) is 0.725. The second-order valence-electron chi connectivity index (χ2n) is 8.86. The van der Waals surface area contributed by atoms with Gasteiger partial charge in [-0.25, -0.2) is 9.97 Å². The molecule has 1 aromatic carbocycles. The van der Waals surface area contributed by atoms with Crippen molar-refractivity contribution in [2.24, 2.45) is 0 Å². The van der Waals surface area contributed by atoms with E-state index in [1.807, 2.05) is 23.1 Å². The summed E-state index contributed by atoms with van der Waals surface area (Å²) in [6, 6.07) is 9.88. The lowest BCUT2D eigenvalue weighted by Gasteiger charge is -2.42. The molecular weight excluding hydrogens is 404 g/mol. The second-order valence-corrected chi connectivity index (χ2v) is 8.86. The minimum absolute atomic E-state index is 0.0211. The molecule has 2 saturated heterocycles. The Labute approximate surface area is 188 Å². The zero-order valence-corrected chi connectivity index (χ0v) is 18.4. The number of fused-ring (bicyclic) bond motifs is 2. The molecule has 0 saturated carbocycles. The van der Waals surface area contributed by atoms with Gasteiger partial charge in [-0.15, -0.1) is 0 Å². The van der Waals surface area contributed by atoms with Gasteiger partial charge in [0, 0.05) is 51.7 Å². The first-order valence-electron chi connectivity index (χ1n) is 11.6. The van der Waals surface area contributed by atoms with E-state index in [0.29, 0.717) is 26.1 Å². The van der Waals surface area contributed by atoms with Crippen molar-refractivity contribution in [3.8, 4) is 0 Å². The molecular formula is C24H30N6O2. The van der Waals surface area contributed by atoms with Crippen molar-refractivity contribution in [2.45, 2.75) is 31.8 Å². The highest BCUT2D eigenvalue weighted by molar-refractivity contribution is 6.01. The van der Waals surface area contributed by atoms with Gasteiger partial charge in [0.1, 0.15) is 0 Å². The fourth-order valence-corrected chi connectivity index (χ4v) is 5.01. The average Bonchev–Trinajstić information content (AvgIpc) is 2.83.